The molecular formula is C22H29ClFN3O3S. The van der Waals surface area contributed by atoms with Crippen molar-refractivity contribution in [1.29, 1.82) is 0 Å². The summed E-state index contributed by atoms with van der Waals surface area (Å²) in [6.45, 7) is 2.03. The molecule has 0 spiro atoms. The number of hydrogen-bond donors (Lipinski definition) is 0. The van der Waals surface area contributed by atoms with Gasteiger partial charge in [0.1, 0.15) is 6.61 Å². The zero-order valence-corrected chi connectivity index (χ0v) is 19.6. The minimum Gasteiger partial charge on any atom is -0.487 e. The Hall–Kier alpha value is -1.93. The number of aryl methyl sites for hydroxylation is 1. The molecule has 31 heavy (non-hydrogen) atoms. The second-order valence-corrected chi connectivity index (χ2v) is 9.48. The highest BCUT2D eigenvalue weighted by Gasteiger charge is 2.19. The van der Waals surface area contributed by atoms with Crippen LogP contribution in [0.25, 0.3) is 10.7 Å². The van der Waals surface area contributed by atoms with Gasteiger partial charge in [0.05, 0.1) is 33.9 Å². The van der Waals surface area contributed by atoms with E-state index in [9.17, 15) is 9.18 Å². The van der Waals surface area contributed by atoms with E-state index in [0.29, 0.717) is 35.3 Å². The molecule has 3 rings (SSSR count). The number of ether oxygens (including phenoxy) is 2. The van der Waals surface area contributed by atoms with Gasteiger partial charge in [-0.3, -0.25) is 4.39 Å². The Morgan fingerprint density at radius 1 is 1.32 bits per heavy atom. The van der Waals surface area contributed by atoms with Crippen molar-refractivity contribution in [3.63, 3.8) is 0 Å². The van der Waals surface area contributed by atoms with Crippen LogP contribution in [0.1, 0.15) is 56.2 Å². The molecule has 0 aromatic carbocycles. The van der Waals surface area contributed by atoms with Crippen LogP contribution in [0, 0.1) is 6.92 Å². The van der Waals surface area contributed by atoms with Gasteiger partial charge in [-0.2, -0.15) is 0 Å². The molecule has 2 heterocycles. The minimum absolute atomic E-state index is 0.0631. The summed E-state index contributed by atoms with van der Waals surface area (Å²) in [5, 5.41) is 0. The molecule has 1 aliphatic rings. The van der Waals surface area contributed by atoms with Gasteiger partial charge in [0.15, 0.2) is 11.6 Å². The third-order valence-corrected chi connectivity index (χ3v) is 6.60. The summed E-state index contributed by atoms with van der Waals surface area (Å²) in [7, 11) is 1.64. The minimum atomic E-state index is -0.458. The summed E-state index contributed by atoms with van der Waals surface area (Å²) in [5.41, 5.74) is 1.52. The average Bonchev–Trinajstić information content (AvgIpc) is 3.14. The van der Waals surface area contributed by atoms with E-state index in [1.165, 1.54) is 35.5 Å². The van der Waals surface area contributed by atoms with Crippen LogP contribution < -0.4 is 4.74 Å². The highest BCUT2D eigenvalue weighted by Crippen LogP contribution is 2.35. The van der Waals surface area contributed by atoms with Gasteiger partial charge in [-0.15, -0.1) is 11.3 Å². The lowest BCUT2D eigenvalue weighted by Crippen LogP contribution is -2.28. The Morgan fingerprint density at radius 3 is 2.81 bits per heavy atom. The monoisotopic (exact) mass is 469 g/mol. The summed E-state index contributed by atoms with van der Waals surface area (Å²) < 4.78 is 24.3. The smallest absolute Gasteiger partial charge is 0.409 e. The van der Waals surface area contributed by atoms with E-state index >= 15 is 0 Å². The van der Waals surface area contributed by atoms with Crippen molar-refractivity contribution < 1.29 is 18.7 Å². The van der Waals surface area contributed by atoms with Gasteiger partial charge >= 0.3 is 6.09 Å². The molecule has 0 aliphatic heterocycles. The number of hydrogen-bond acceptors (Lipinski definition) is 6. The molecule has 1 fully saturated rings. The largest absolute Gasteiger partial charge is 0.487 e. The van der Waals surface area contributed by atoms with Gasteiger partial charge in [0.2, 0.25) is 0 Å². The number of carbonyl (C=O) groups excluding carboxylic acids is 1. The fourth-order valence-corrected chi connectivity index (χ4v) is 4.72. The zero-order chi connectivity index (χ0) is 22.2. The fraction of sp³-hybridized carbons (Fsp3) is 0.591. The predicted octanol–water partition coefficient (Wildman–Crippen LogP) is 6.20. The molecule has 1 aliphatic carbocycles. The van der Waals surface area contributed by atoms with Gasteiger partial charge in [0.25, 0.3) is 0 Å². The number of alkyl halides is 1. The molecule has 2 aromatic rings. The Balaban J connectivity index is 1.65. The Bertz CT molecular complexity index is 874. The first-order chi connectivity index (χ1) is 15.0. The molecule has 0 N–H and O–H groups in total. The van der Waals surface area contributed by atoms with E-state index < -0.39 is 6.09 Å². The van der Waals surface area contributed by atoms with Crippen LogP contribution in [0.3, 0.4) is 0 Å². The SMILES string of the molecule is Cc1nc(-c2sc(Cl)cc2COC(=O)N(C)CCCCF)ncc1OC1CCCCC1. The number of halogens is 2. The molecule has 2 aromatic heterocycles. The second-order valence-electron chi connectivity index (χ2n) is 7.80. The predicted molar refractivity (Wildman–Crippen MR) is 121 cm³/mol. The van der Waals surface area contributed by atoms with Crippen molar-refractivity contribution in [2.45, 2.75) is 64.6 Å². The highest BCUT2D eigenvalue weighted by atomic mass is 35.5. The normalized spacial score (nSPS) is 14.5. The van der Waals surface area contributed by atoms with Crippen molar-refractivity contribution >= 4 is 29.0 Å². The lowest BCUT2D eigenvalue weighted by atomic mass is 9.98. The van der Waals surface area contributed by atoms with Crippen LogP contribution in [-0.2, 0) is 11.3 Å². The van der Waals surface area contributed by atoms with E-state index in [1.807, 2.05) is 6.92 Å². The van der Waals surface area contributed by atoms with Gasteiger partial charge in [-0.25, -0.2) is 14.8 Å². The van der Waals surface area contributed by atoms with E-state index in [1.54, 1.807) is 19.3 Å². The maximum Gasteiger partial charge on any atom is 0.409 e. The number of carbonyl (C=O) groups is 1. The molecule has 0 saturated heterocycles. The number of nitrogens with zero attached hydrogens (tertiary/aromatic N) is 3. The Morgan fingerprint density at radius 2 is 2.10 bits per heavy atom. The fourth-order valence-electron chi connectivity index (χ4n) is 3.52. The molecule has 1 amide bonds. The van der Waals surface area contributed by atoms with Crippen LogP contribution in [0.15, 0.2) is 12.3 Å². The van der Waals surface area contributed by atoms with Gasteiger partial charge in [0, 0.05) is 19.2 Å². The molecule has 9 heteroatoms. The lowest BCUT2D eigenvalue weighted by Gasteiger charge is -2.23. The van der Waals surface area contributed by atoms with Crippen LogP contribution in [0.4, 0.5) is 9.18 Å². The van der Waals surface area contributed by atoms with Crippen molar-refractivity contribution in [3.05, 3.63) is 27.9 Å². The van der Waals surface area contributed by atoms with E-state index in [4.69, 9.17) is 21.1 Å². The molecule has 0 unspecified atom stereocenters. The summed E-state index contributed by atoms with van der Waals surface area (Å²) in [6, 6.07) is 1.77. The van der Waals surface area contributed by atoms with Crippen LogP contribution in [-0.4, -0.2) is 47.3 Å². The number of rotatable bonds is 9. The third kappa shape index (κ3) is 6.77. The molecule has 0 radical (unpaired) electrons. The number of thiophene rings is 1. The van der Waals surface area contributed by atoms with Crippen LogP contribution >= 0.6 is 22.9 Å². The summed E-state index contributed by atoms with van der Waals surface area (Å²) >= 11 is 7.58. The Kier molecular flexibility index (Phi) is 8.90. The topological polar surface area (TPSA) is 64.5 Å². The maximum atomic E-state index is 12.2. The molecule has 1 saturated carbocycles. The van der Waals surface area contributed by atoms with Crippen molar-refractivity contribution in [2.75, 3.05) is 20.3 Å². The summed E-state index contributed by atoms with van der Waals surface area (Å²) in [6.07, 6.45) is 8.32. The first-order valence-electron chi connectivity index (χ1n) is 10.7. The first-order valence-corrected chi connectivity index (χ1v) is 11.9. The molecule has 0 atom stereocenters. The van der Waals surface area contributed by atoms with Crippen molar-refractivity contribution in [3.8, 4) is 16.5 Å². The van der Waals surface area contributed by atoms with Gasteiger partial charge in [-0.05, 0) is 51.5 Å². The van der Waals surface area contributed by atoms with Crippen molar-refractivity contribution in [1.82, 2.24) is 14.9 Å². The average molecular weight is 470 g/mol. The van der Waals surface area contributed by atoms with Gasteiger partial charge in [-0.1, -0.05) is 18.0 Å². The number of aromatic nitrogens is 2. The van der Waals surface area contributed by atoms with E-state index in [-0.39, 0.29) is 19.4 Å². The van der Waals surface area contributed by atoms with E-state index in [2.05, 4.69) is 9.97 Å². The van der Waals surface area contributed by atoms with Crippen LogP contribution in [0.5, 0.6) is 5.75 Å². The molecular weight excluding hydrogens is 441 g/mol. The third-order valence-electron chi connectivity index (χ3n) is 5.30. The maximum absolute atomic E-state index is 12.2. The summed E-state index contributed by atoms with van der Waals surface area (Å²) in [5.74, 6) is 1.24. The first kappa shape index (κ1) is 23.7. The van der Waals surface area contributed by atoms with Crippen molar-refractivity contribution in [2.24, 2.45) is 0 Å². The lowest BCUT2D eigenvalue weighted by molar-refractivity contribution is 0.104. The molecule has 6 nitrogen and oxygen atoms in total. The Labute approximate surface area is 191 Å². The highest BCUT2D eigenvalue weighted by molar-refractivity contribution is 7.19. The van der Waals surface area contributed by atoms with Crippen LogP contribution in [0.2, 0.25) is 4.34 Å². The van der Waals surface area contributed by atoms with Gasteiger partial charge < -0.3 is 14.4 Å². The van der Waals surface area contributed by atoms with E-state index in [0.717, 1.165) is 29.0 Å². The number of amides is 1. The summed E-state index contributed by atoms with van der Waals surface area (Å²) in [4.78, 5) is 23.5. The second kappa shape index (κ2) is 11.6. The number of unbranched alkanes of at least 4 members (excludes halogenated alkanes) is 1. The molecule has 170 valence electrons. The standard InChI is InChI=1S/C22H29ClFN3O3S/c1-15-18(30-17-8-4-3-5-9-17)13-25-21(26-15)20-16(12-19(23)31-20)14-29-22(28)27(2)11-7-6-10-24/h12-13,17H,3-11,14H2,1-2H3. The molecule has 0 bridgehead atoms. The quantitative estimate of drug-likeness (QED) is 0.409. The zero-order valence-electron chi connectivity index (χ0n) is 18.0.